The van der Waals surface area contributed by atoms with Crippen molar-refractivity contribution in [3.8, 4) is 0 Å². The molecule has 0 fully saturated rings. The van der Waals surface area contributed by atoms with Crippen LogP contribution in [0.5, 0.6) is 0 Å². The number of Topliss-reactive ketones (excluding diaryl/α,β-unsaturated/α-hetero) is 1. The number of carbonyl (C=O) groups excluding carboxylic acids is 2. The molecule has 0 aliphatic heterocycles. The van der Waals surface area contributed by atoms with Crippen LogP contribution in [-0.2, 0) is 4.79 Å². The molecule has 0 bridgehead atoms. The Morgan fingerprint density at radius 3 is 2.52 bits per heavy atom. The van der Waals surface area contributed by atoms with Crippen molar-refractivity contribution in [3.63, 3.8) is 0 Å². The number of benzene rings is 1. The maximum atomic E-state index is 12.9. The van der Waals surface area contributed by atoms with Crippen LogP contribution in [0.3, 0.4) is 0 Å². The molecule has 1 amide bonds. The number of hydrogen-bond donors (Lipinski definition) is 1. The van der Waals surface area contributed by atoms with Gasteiger partial charge in [-0.3, -0.25) is 9.59 Å². The van der Waals surface area contributed by atoms with Gasteiger partial charge in [0.2, 0.25) is 11.0 Å². The number of thioether (sulfide) groups is 1. The maximum absolute atomic E-state index is 12.9. The van der Waals surface area contributed by atoms with Crippen LogP contribution in [0.4, 0.5) is 9.52 Å². The van der Waals surface area contributed by atoms with E-state index in [4.69, 9.17) is 0 Å². The first-order chi connectivity index (χ1) is 12.6. The van der Waals surface area contributed by atoms with Gasteiger partial charge in [0, 0.05) is 12.0 Å². The summed E-state index contributed by atoms with van der Waals surface area (Å²) in [6.45, 7) is 8.53. The molecule has 1 aromatic carbocycles. The lowest BCUT2D eigenvalue weighted by Crippen LogP contribution is -2.18. The summed E-state index contributed by atoms with van der Waals surface area (Å²) < 4.78 is 13.5. The average Bonchev–Trinajstić information content (AvgIpc) is 2.98. The van der Waals surface area contributed by atoms with Crippen LogP contribution >= 0.6 is 23.1 Å². The molecule has 8 heteroatoms. The van der Waals surface area contributed by atoms with Crippen LogP contribution in [0.25, 0.3) is 0 Å². The molecular formula is C19H24FN3O2S2. The number of aromatic nitrogens is 2. The second-order valence-corrected chi connectivity index (χ2v) is 9.91. The van der Waals surface area contributed by atoms with Gasteiger partial charge in [0.1, 0.15) is 5.82 Å². The van der Waals surface area contributed by atoms with E-state index in [9.17, 15) is 14.0 Å². The van der Waals surface area contributed by atoms with Crippen molar-refractivity contribution < 1.29 is 14.0 Å². The Labute approximate surface area is 167 Å². The number of halogens is 1. The van der Waals surface area contributed by atoms with Crippen LogP contribution in [0, 0.1) is 17.2 Å². The van der Waals surface area contributed by atoms with Crippen molar-refractivity contribution in [1.82, 2.24) is 10.2 Å². The summed E-state index contributed by atoms with van der Waals surface area (Å²) in [5.74, 6) is -0.115. The number of rotatable bonds is 8. The van der Waals surface area contributed by atoms with Crippen molar-refractivity contribution >= 4 is 39.9 Å². The molecule has 2 rings (SSSR count). The summed E-state index contributed by atoms with van der Waals surface area (Å²) in [5.41, 5.74) is 0.637. The minimum Gasteiger partial charge on any atom is -0.300 e. The molecule has 0 aliphatic carbocycles. The normalized spacial score (nSPS) is 12.6. The summed E-state index contributed by atoms with van der Waals surface area (Å²) in [6.07, 6.45) is 1.39. The second-order valence-electron chi connectivity index (χ2n) is 7.71. The lowest BCUT2D eigenvalue weighted by Gasteiger charge is -2.22. The Balaban J connectivity index is 1.81. The van der Waals surface area contributed by atoms with Gasteiger partial charge in [-0.05, 0) is 42.0 Å². The van der Waals surface area contributed by atoms with Crippen molar-refractivity contribution in [2.75, 3.05) is 11.1 Å². The van der Waals surface area contributed by atoms with E-state index >= 15 is 0 Å². The van der Waals surface area contributed by atoms with Crippen molar-refractivity contribution in [1.29, 1.82) is 0 Å². The molecule has 1 aromatic heterocycles. The number of hydrogen-bond acceptors (Lipinski definition) is 6. The van der Waals surface area contributed by atoms with E-state index in [0.717, 1.165) is 6.42 Å². The van der Waals surface area contributed by atoms with E-state index in [1.165, 1.54) is 47.4 Å². The lowest BCUT2D eigenvalue weighted by atomic mass is 9.84. The van der Waals surface area contributed by atoms with Gasteiger partial charge < -0.3 is 5.32 Å². The number of anilines is 1. The molecule has 0 saturated heterocycles. The smallest absolute Gasteiger partial charge is 0.226 e. The predicted octanol–water partition coefficient (Wildman–Crippen LogP) is 5.05. The van der Waals surface area contributed by atoms with Gasteiger partial charge in [0.05, 0.1) is 5.75 Å². The third kappa shape index (κ3) is 7.76. The molecule has 27 heavy (non-hydrogen) atoms. The van der Waals surface area contributed by atoms with E-state index in [1.807, 2.05) is 0 Å². The summed E-state index contributed by atoms with van der Waals surface area (Å²) in [6, 6.07) is 5.44. The summed E-state index contributed by atoms with van der Waals surface area (Å²) in [5, 5.41) is 11.1. The van der Waals surface area contributed by atoms with Gasteiger partial charge in [-0.1, -0.05) is 50.8 Å². The quantitative estimate of drug-likeness (QED) is 0.375. The second kappa shape index (κ2) is 9.41. The van der Waals surface area contributed by atoms with Crippen molar-refractivity contribution in [3.05, 3.63) is 35.6 Å². The number of nitrogens with zero attached hydrogens (tertiary/aromatic N) is 2. The number of nitrogens with one attached hydrogen (secondary N) is 1. The largest absolute Gasteiger partial charge is 0.300 e. The number of amides is 1. The highest BCUT2D eigenvalue weighted by Gasteiger charge is 2.18. The van der Waals surface area contributed by atoms with E-state index < -0.39 is 0 Å². The molecule has 1 unspecified atom stereocenters. The molecule has 0 spiro atoms. The zero-order valence-electron chi connectivity index (χ0n) is 15.9. The molecule has 5 nitrogen and oxygen atoms in total. The first-order valence-electron chi connectivity index (χ1n) is 8.67. The first-order valence-corrected chi connectivity index (χ1v) is 10.5. The maximum Gasteiger partial charge on any atom is 0.226 e. The zero-order chi connectivity index (χ0) is 20.0. The van der Waals surface area contributed by atoms with Gasteiger partial charge >= 0.3 is 0 Å². The molecule has 1 atom stereocenters. The van der Waals surface area contributed by atoms with E-state index in [2.05, 4.69) is 43.2 Å². The van der Waals surface area contributed by atoms with Gasteiger partial charge in [-0.25, -0.2) is 4.39 Å². The topological polar surface area (TPSA) is 72.0 Å². The Hall–Kier alpha value is -1.80. The third-order valence-electron chi connectivity index (χ3n) is 3.64. The fourth-order valence-electron chi connectivity index (χ4n) is 2.77. The molecule has 2 aromatic rings. The van der Waals surface area contributed by atoms with Crippen molar-refractivity contribution in [2.24, 2.45) is 11.3 Å². The molecule has 1 heterocycles. The Kier molecular flexibility index (Phi) is 7.49. The van der Waals surface area contributed by atoms with E-state index in [-0.39, 0.29) is 34.6 Å². The van der Waals surface area contributed by atoms with Crippen LogP contribution in [0.2, 0.25) is 0 Å². The van der Waals surface area contributed by atoms with Gasteiger partial charge in [0.15, 0.2) is 10.1 Å². The van der Waals surface area contributed by atoms with Gasteiger partial charge in [-0.2, -0.15) is 0 Å². The fraction of sp³-hybridized carbons (Fsp3) is 0.474. The lowest BCUT2D eigenvalue weighted by molar-refractivity contribution is -0.117. The summed E-state index contributed by atoms with van der Waals surface area (Å²) in [7, 11) is 0. The average molecular weight is 410 g/mol. The zero-order valence-corrected chi connectivity index (χ0v) is 17.5. The molecule has 1 N–H and O–H groups in total. The Morgan fingerprint density at radius 1 is 1.22 bits per heavy atom. The number of carbonyl (C=O) groups is 2. The SMILES string of the molecule is CC(CC(=O)Nc1nnc(SCC(=O)c2ccc(F)cc2)s1)CC(C)(C)C. The van der Waals surface area contributed by atoms with Crippen molar-refractivity contribution in [2.45, 2.75) is 44.9 Å². The minimum absolute atomic E-state index is 0.0816. The first kappa shape index (κ1) is 21.5. The van der Waals surface area contributed by atoms with Crippen LogP contribution < -0.4 is 5.32 Å². The molecule has 146 valence electrons. The monoisotopic (exact) mass is 409 g/mol. The summed E-state index contributed by atoms with van der Waals surface area (Å²) >= 11 is 2.49. The Morgan fingerprint density at radius 2 is 1.89 bits per heavy atom. The molecular weight excluding hydrogens is 385 g/mol. The van der Waals surface area contributed by atoms with Crippen LogP contribution in [-0.4, -0.2) is 27.6 Å². The van der Waals surface area contributed by atoms with Gasteiger partial charge in [0.25, 0.3) is 0 Å². The standard InChI is InChI=1S/C19H24FN3O2S2/c1-12(10-19(2,3)4)9-16(25)21-17-22-23-18(27-17)26-11-15(24)13-5-7-14(20)8-6-13/h5-8,12H,9-11H2,1-4H3,(H,21,22,25). The van der Waals surface area contributed by atoms with Crippen LogP contribution in [0.15, 0.2) is 28.6 Å². The van der Waals surface area contributed by atoms with Gasteiger partial charge in [-0.15, -0.1) is 10.2 Å². The molecule has 0 aliphatic rings. The summed E-state index contributed by atoms with van der Waals surface area (Å²) in [4.78, 5) is 24.2. The predicted molar refractivity (Wildman–Crippen MR) is 108 cm³/mol. The highest BCUT2D eigenvalue weighted by Crippen LogP contribution is 2.28. The Bertz CT molecular complexity index is 785. The van der Waals surface area contributed by atoms with E-state index in [1.54, 1.807) is 0 Å². The fourth-order valence-corrected chi connectivity index (χ4v) is 4.43. The minimum atomic E-state index is -0.375. The molecule has 0 radical (unpaired) electrons. The van der Waals surface area contributed by atoms with E-state index in [0.29, 0.717) is 21.5 Å². The highest BCUT2D eigenvalue weighted by atomic mass is 32.2. The third-order valence-corrected chi connectivity index (χ3v) is 5.61. The number of ketones is 1. The van der Waals surface area contributed by atoms with Crippen LogP contribution in [0.1, 0.15) is 50.9 Å². The molecule has 0 saturated carbocycles. The highest BCUT2D eigenvalue weighted by molar-refractivity contribution is 8.01.